The van der Waals surface area contributed by atoms with E-state index in [9.17, 15) is 4.57 Å². The topological polar surface area (TPSA) is 48.0 Å². The molecule has 0 aliphatic rings. The Bertz CT molecular complexity index is 375. The summed E-state index contributed by atoms with van der Waals surface area (Å²) in [7, 11) is -1.79. The van der Waals surface area contributed by atoms with Crippen LogP contribution in [0.5, 0.6) is 0 Å². The van der Waals surface area contributed by atoms with Crippen molar-refractivity contribution in [1.29, 1.82) is 0 Å². The van der Waals surface area contributed by atoms with E-state index >= 15 is 0 Å². The Balaban J connectivity index is 2.57. The van der Waals surface area contributed by atoms with Crippen molar-refractivity contribution in [3.05, 3.63) is 35.9 Å². The first kappa shape index (κ1) is 15.3. The molecular weight excluding hydrogens is 253 g/mol. The molecule has 0 amide bonds. The van der Waals surface area contributed by atoms with Crippen LogP contribution in [0.15, 0.2) is 30.3 Å². The smallest absolute Gasteiger partial charge is 0.296 e. The molecular formula is C12H20NO4P. The lowest BCUT2D eigenvalue weighted by molar-refractivity contribution is -0.103. The molecule has 0 unspecified atom stereocenters. The van der Waals surface area contributed by atoms with Crippen molar-refractivity contribution in [3.8, 4) is 0 Å². The predicted octanol–water partition coefficient (Wildman–Crippen LogP) is 3.23. The van der Waals surface area contributed by atoms with Crippen LogP contribution < -0.4 is 0 Å². The monoisotopic (exact) mass is 273 g/mol. The summed E-state index contributed by atoms with van der Waals surface area (Å²) in [4.78, 5) is 6.59. The van der Waals surface area contributed by atoms with Gasteiger partial charge in [0.2, 0.25) is 0 Å². The maximum absolute atomic E-state index is 12.3. The maximum atomic E-state index is 12.3. The first-order valence-electron chi connectivity index (χ1n) is 5.92. The molecule has 5 nitrogen and oxygen atoms in total. The minimum absolute atomic E-state index is 0.302. The summed E-state index contributed by atoms with van der Waals surface area (Å²) in [5.41, 5.74) is 0.990. The van der Waals surface area contributed by atoms with Gasteiger partial charge in [0.05, 0.1) is 19.8 Å². The van der Waals surface area contributed by atoms with E-state index in [1.807, 2.05) is 30.3 Å². The van der Waals surface area contributed by atoms with Gasteiger partial charge in [-0.05, 0) is 19.4 Å². The van der Waals surface area contributed by atoms with Crippen LogP contribution in [0.2, 0.25) is 0 Å². The van der Waals surface area contributed by atoms with Crippen LogP contribution in [0.1, 0.15) is 19.4 Å². The molecule has 0 fully saturated rings. The molecule has 1 aromatic carbocycles. The van der Waals surface area contributed by atoms with Gasteiger partial charge in [-0.3, -0.25) is 13.9 Å². The Morgan fingerprint density at radius 3 is 2.17 bits per heavy atom. The lowest BCUT2D eigenvalue weighted by Crippen LogP contribution is -2.19. The molecule has 0 atom stereocenters. The SMILES string of the molecule is CCOP(=O)(OCC)N(C)OCc1ccccc1. The van der Waals surface area contributed by atoms with E-state index in [0.717, 1.165) is 5.56 Å². The fourth-order valence-electron chi connectivity index (χ4n) is 1.34. The van der Waals surface area contributed by atoms with E-state index in [-0.39, 0.29) is 0 Å². The third-order valence-corrected chi connectivity index (χ3v) is 4.16. The highest BCUT2D eigenvalue weighted by Gasteiger charge is 2.31. The molecule has 1 aromatic rings. The normalized spacial score (nSPS) is 12.0. The van der Waals surface area contributed by atoms with Crippen LogP contribution >= 0.6 is 7.75 Å². The molecule has 0 heterocycles. The van der Waals surface area contributed by atoms with Gasteiger partial charge in [0, 0.05) is 7.05 Å². The van der Waals surface area contributed by atoms with E-state index < -0.39 is 7.75 Å². The number of hydrogen-bond donors (Lipinski definition) is 0. The first-order valence-corrected chi connectivity index (χ1v) is 7.42. The third-order valence-electron chi connectivity index (χ3n) is 2.19. The molecule has 1 rings (SSSR count). The quantitative estimate of drug-likeness (QED) is 0.537. The van der Waals surface area contributed by atoms with Crippen molar-refractivity contribution in [2.45, 2.75) is 20.5 Å². The van der Waals surface area contributed by atoms with Crippen LogP contribution in [0.3, 0.4) is 0 Å². The molecule has 6 heteroatoms. The predicted molar refractivity (Wildman–Crippen MR) is 69.9 cm³/mol. The van der Waals surface area contributed by atoms with Crippen LogP contribution in [0.4, 0.5) is 0 Å². The molecule has 0 saturated carbocycles. The molecule has 0 saturated heterocycles. The van der Waals surface area contributed by atoms with Gasteiger partial charge in [-0.15, -0.1) is 0 Å². The largest absolute Gasteiger partial charge is 0.430 e. The van der Waals surface area contributed by atoms with Gasteiger partial charge >= 0.3 is 7.75 Å². The molecule has 0 aliphatic heterocycles. The van der Waals surface area contributed by atoms with Gasteiger partial charge in [-0.1, -0.05) is 35.2 Å². The van der Waals surface area contributed by atoms with Gasteiger partial charge < -0.3 is 0 Å². The second kappa shape index (κ2) is 7.67. The summed E-state index contributed by atoms with van der Waals surface area (Å²) in [5.74, 6) is 0. The fraction of sp³-hybridized carbons (Fsp3) is 0.500. The number of benzene rings is 1. The number of hydroxylamine groups is 1. The molecule has 102 valence electrons. The lowest BCUT2D eigenvalue weighted by atomic mass is 10.2. The maximum Gasteiger partial charge on any atom is 0.430 e. The molecule has 0 N–H and O–H groups in total. The minimum Gasteiger partial charge on any atom is -0.296 e. The highest BCUT2D eigenvalue weighted by molar-refractivity contribution is 7.51. The van der Waals surface area contributed by atoms with Crippen molar-refractivity contribution in [1.82, 2.24) is 4.83 Å². The van der Waals surface area contributed by atoms with Gasteiger partial charge in [-0.25, -0.2) is 4.57 Å². The molecule has 0 bridgehead atoms. The first-order chi connectivity index (χ1) is 8.62. The molecule has 18 heavy (non-hydrogen) atoms. The zero-order valence-corrected chi connectivity index (χ0v) is 11.9. The highest BCUT2D eigenvalue weighted by Crippen LogP contribution is 2.51. The van der Waals surface area contributed by atoms with Crippen molar-refractivity contribution in [2.75, 3.05) is 20.3 Å². The van der Waals surface area contributed by atoms with Crippen LogP contribution in [-0.2, 0) is 25.1 Å². The summed E-state index contributed by atoms with van der Waals surface area (Å²) in [5, 5.41) is 0. The number of hydrogen-bond acceptors (Lipinski definition) is 4. The van der Waals surface area contributed by atoms with E-state index in [1.54, 1.807) is 20.9 Å². The van der Waals surface area contributed by atoms with E-state index in [4.69, 9.17) is 13.9 Å². The lowest BCUT2D eigenvalue weighted by Gasteiger charge is -2.25. The zero-order chi connectivity index (χ0) is 13.4. The Kier molecular flexibility index (Phi) is 6.54. The summed E-state index contributed by atoms with van der Waals surface area (Å²) in [6, 6.07) is 9.63. The molecule has 0 aromatic heterocycles. The van der Waals surface area contributed by atoms with E-state index in [2.05, 4.69) is 0 Å². The van der Waals surface area contributed by atoms with Crippen molar-refractivity contribution in [3.63, 3.8) is 0 Å². The summed E-state index contributed by atoms with van der Waals surface area (Å²) >= 11 is 0. The summed E-state index contributed by atoms with van der Waals surface area (Å²) < 4.78 is 22.6. The Labute approximate surface area is 108 Å². The zero-order valence-electron chi connectivity index (χ0n) is 11.0. The van der Waals surface area contributed by atoms with E-state index in [1.165, 1.54) is 4.83 Å². The van der Waals surface area contributed by atoms with Crippen LogP contribution in [0.25, 0.3) is 0 Å². The van der Waals surface area contributed by atoms with Gasteiger partial charge in [0.15, 0.2) is 0 Å². The average Bonchev–Trinajstić information content (AvgIpc) is 2.37. The third kappa shape index (κ3) is 4.52. The highest BCUT2D eigenvalue weighted by atomic mass is 31.2. The molecule has 0 spiro atoms. The van der Waals surface area contributed by atoms with E-state index in [0.29, 0.717) is 19.8 Å². The average molecular weight is 273 g/mol. The molecule has 0 aliphatic carbocycles. The number of rotatable bonds is 8. The van der Waals surface area contributed by atoms with Crippen LogP contribution in [0, 0.1) is 0 Å². The second-order valence-electron chi connectivity index (χ2n) is 3.53. The molecule has 0 radical (unpaired) electrons. The van der Waals surface area contributed by atoms with Crippen molar-refractivity contribution < 1.29 is 18.5 Å². The number of nitrogens with zero attached hydrogens (tertiary/aromatic N) is 1. The summed E-state index contributed by atoms with van der Waals surface area (Å²) in [6.07, 6.45) is 0. The Hall–Kier alpha value is -0.710. The Morgan fingerprint density at radius 1 is 1.11 bits per heavy atom. The van der Waals surface area contributed by atoms with Gasteiger partial charge in [-0.2, -0.15) is 0 Å². The van der Waals surface area contributed by atoms with Crippen molar-refractivity contribution in [2.24, 2.45) is 0 Å². The van der Waals surface area contributed by atoms with Crippen LogP contribution in [-0.4, -0.2) is 25.1 Å². The Morgan fingerprint density at radius 2 is 1.67 bits per heavy atom. The van der Waals surface area contributed by atoms with Gasteiger partial charge in [0.1, 0.15) is 0 Å². The summed E-state index contributed by atoms with van der Waals surface area (Å²) in [6.45, 7) is 4.45. The van der Waals surface area contributed by atoms with Gasteiger partial charge in [0.25, 0.3) is 0 Å². The second-order valence-corrected chi connectivity index (χ2v) is 5.54. The van der Waals surface area contributed by atoms with Crippen molar-refractivity contribution >= 4 is 7.75 Å². The standard InChI is InChI=1S/C12H20NO4P/c1-4-16-18(14,17-5-2)13(3)15-11-12-9-7-6-8-10-12/h6-10H,4-5,11H2,1-3H3. The minimum atomic E-state index is -3.34. The fourth-order valence-corrected chi connectivity index (χ4v) is 2.59.